The number of para-hydroxylation sites is 1. The third-order valence-corrected chi connectivity index (χ3v) is 3.88. The van der Waals surface area contributed by atoms with Gasteiger partial charge in [-0.2, -0.15) is 0 Å². The van der Waals surface area contributed by atoms with Gasteiger partial charge in [0.15, 0.2) is 6.10 Å². The van der Waals surface area contributed by atoms with E-state index in [0.717, 1.165) is 5.39 Å². The molecule has 1 aromatic heterocycles. The maximum absolute atomic E-state index is 12.2. The van der Waals surface area contributed by atoms with Crippen molar-refractivity contribution < 1.29 is 14.3 Å². The summed E-state index contributed by atoms with van der Waals surface area (Å²) < 4.78 is 5.49. The summed E-state index contributed by atoms with van der Waals surface area (Å²) in [6.07, 6.45) is -0.805. The number of hydrogen-bond acceptors (Lipinski definition) is 4. The lowest BCUT2D eigenvalue weighted by molar-refractivity contribution is -0.128. The number of fused-ring (bicyclic) bond motifs is 1. The van der Waals surface area contributed by atoms with Gasteiger partial charge in [0.05, 0.1) is 5.52 Å². The van der Waals surface area contributed by atoms with Crippen LogP contribution in [0.25, 0.3) is 10.9 Å². The molecule has 0 aliphatic rings. The minimum Gasteiger partial charge on any atom is -0.481 e. The third-order valence-electron chi connectivity index (χ3n) is 3.63. The highest BCUT2D eigenvalue weighted by Gasteiger charge is 2.16. The van der Waals surface area contributed by atoms with Gasteiger partial charge in [-0.3, -0.25) is 20.4 Å². The molecular formula is C19H16ClN3O3. The second-order valence-corrected chi connectivity index (χ2v) is 5.98. The Hall–Kier alpha value is -3.12. The van der Waals surface area contributed by atoms with Crippen molar-refractivity contribution in [1.29, 1.82) is 0 Å². The van der Waals surface area contributed by atoms with Crippen LogP contribution in [0.15, 0.2) is 60.7 Å². The second-order valence-electron chi connectivity index (χ2n) is 5.55. The van der Waals surface area contributed by atoms with E-state index < -0.39 is 17.9 Å². The smallest absolute Gasteiger partial charge is 0.288 e. The standard InChI is InChI=1S/C19H16ClN3O3/c1-12(26-15-9-7-14(20)8-10-15)18(24)22-23-19(25)17-11-6-13-4-2-3-5-16(13)21-17/h2-12H,1H3,(H,22,24)(H,23,25). The zero-order chi connectivity index (χ0) is 18.5. The average molecular weight is 370 g/mol. The highest BCUT2D eigenvalue weighted by atomic mass is 35.5. The molecule has 7 heteroatoms. The number of rotatable bonds is 4. The minimum atomic E-state index is -0.805. The van der Waals surface area contributed by atoms with E-state index in [0.29, 0.717) is 16.3 Å². The summed E-state index contributed by atoms with van der Waals surface area (Å²) in [7, 11) is 0. The predicted octanol–water partition coefficient (Wildman–Crippen LogP) is 3.12. The molecule has 1 unspecified atom stereocenters. The van der Waals surface area contributed by atoms with Gasteiger partial charge in [-0.1, -0.05) is 35.9 Å². The molecule has 1 heterocycles. The van der Waals surface area contributed by atoms with Crippen LogP contribution in [0.5, 0.6) is 5.75 Å². The Balaban J connectivity index is 1.57. The molecule has 6 nitrogen and oxygen atoms in total. The monoisotopic (exact) mass is 369 g/mol. The first-order valence-electron chi connectivity index (χ1n) is 7.91. The van der Waals surface area contributed by atoms with Crippen LogP contribution in [-0.4, -0.2) is 22.9 Å². The average Bonchev–Trinajstić information content (AvgIpc) is 2.67. The van der Waals surface area contributed by atoms with Crippen molar-refractivity contribution in [2.24, 2.45) is 0 Å². The van der Waals surface area contributed by atoms with E-state index >= 15 is 0 Å². The number of aromatic nitrogens is 1. The molecule has 0 bridgehead atoms. The third kappa shape index (κ3) is 4.29. The summed E-state index contributed by atoms with van der Waals surface area (Å²) >= 11 is 5.80. The Bertz CT molecular complexity index is 944. The summed E-state index contributed by atoms with van der Waals surface area (Å²) in [5.41, 5.74) is 5.57. The van der Waals surface area contributed by atoms with Crippen LogP contribution in [0.4, 0.5) is 0 Å². The van der Waals surface area contributed by atoms with Gasteiger partial charge in [0.25, 0.3) is 11.8 Å². The fourth-order valence-corrected chi connectivity index (χ4v) is 2.37. The maximum Gasteiger partial charge on any atom is 0.288 e. The number of ether oxygens (including phenoxy) is 1. The van der Waals surface area contributed by atoms with Crippen LogP contribution in [0, 0.1) is 0 Å². The molecule has 0 saturated heterocycles. The van der Waals surface area contributed by atoms with E-state index in [1.807, 2.05) is 24.3 Å². The van der Waals surface area contributed by atoms with E-state index in [4.69, 9.17) is 16.3 Å². The number of carbonyl (C=O) groups excluding carboxylic acids is 2. The van der Waals surface area contributed by atoms with Gasteiger partial charge >= 0.3 is 0 Å². The number of nitrogens with one attached hydrogen (secondary N) is 2. The van der Waals surface area contributed by atoms with Crippen molar-refractivity contribution in [2.45, 2.75) is 13.0 Å². The Morgan fingerprint density at radius 3 is 2.50 bits per heavy atom. The molecule has 2 aromatic carbocycles. The number of halogens is 1. The molecule has 1 atom stereocenters. The van der Waals surface area contributed by atoms with Gasteiger partial charge in [-0.25, -0.2) is 4.98 Å². The largest absolute Gasteiger partial charge is 0.481 e. The van der Waals surface area contributed by atoms with Gasteiger partial charge in [0, 0.05) is 10.4 Å². The van der Waals surface area contributed by atoms with Gasteiger partial charge in [0.2, 0.25) is 0 Å². The van der Waals surface area contributed by atoms with Crippen molar-refractivity contribution in [1.82, 2.24) is 15.8 Å². The summed E-state index contributed by atoms with van der Waals surface area (Å²) in [5, 5.41) is 1.50. The minimum absolute atomic E-state index is 0.204. The number of nitrogens with zero attached hydrogens (tertiary/aromatic N) is 1. The zero-order valence-corrected chi connectivity index (χ0v) is 14.7. The summed E-state index contributed by atoms with van der Waals surface area (Å²) in [4.78, 5) is 28.5. The van der Waals surface area contributed by atoms with Crippen LogP contribution in [0.1, 0.15) is 17.4 Å². The van der Waals surface area contributed by atoms with Crippen LogP contribution in [-0.2, 0) is 4.79 Å². The molecule has 0 aliphatic heterocycles. The Morgan fingerprint density at radius 2 is 1.73 bits per heavy atom. The molecule has 3 aromatic rings. The molecule has 2 N–H and O–H groups in total. The van der Waals surface area contributed by atoms with Crippen LogP contribution in [0.2, 0.25) is 5.02 Å². The van der Waals surface area contributed by atoms with E-state index in [1.54, 1.807) is 43.3 Å². The highest BCUT2D eigenvalue weighted by Crippen LogP contribution is 2.16. The molecular weight excluding hydrogens is 354 g/mol. The first kappa shape index (κ1) is 17.7. The SMILES string of the molecule is CC(Oc1ccc(Cl)cc1)C(=O)NNC(=O)c1ccc2ccccc2n1. The normalized spacial score (nSPS) is 11.6. The quantitative estimate of drug-likeness (QED) is 0.692. The number of pyridine rings is 1. The fourth-order valence-electron chi connectivity index (χ4n) is 2.25. The lowest BCUT2D eigenvalue weighted by Crippen LogP contribution is -2.47. The van der Waals surface area contributed by atoms with Crippen molar-refractivity contribution in [3.05, 3.63) is 71.4 Å². The Kier molecular flexibility index (Phi) is 5.34. The van der Waals surface area contributed by atoms with Gasteiger partial charge in [-0.15, -0.1) is 0 Å². The molecule has 0 spiro atoms. The van der Waals surface area contributed by atoms with E-state index in [2.05, 4.69) is 15.8 Å². The molecule has 26 heavy (non-hydrogen) atoms. The second kappa shape index (κ2) is 7.84. The predicted molar refractivity (Wildman–Crippen MR) is 98.9 cm³/mol. The molecule has 0 fully saturated rings. The summed E-state index contributed by atoms with van der Waals surface area (Å²) in [5.74, 6) is -0.503. The number of hydrogen-bond donors (Lipinski definition) is 2. The number of amides is 2. The van der Waals surface area contributed by atoms with Crippen molar-refractivity contribution >= 4 is 34.3 Å². The zero-order valence-electron chi connectivity index (χ0n) is 13.9. The molecule has 3 rings (SSSR count). The van der Waals surface area contributed by atoms with Gasteiger partial charge in [0.1, 0.15) is 11.4 Å². The lowest BCUT2D eigenvalue weighted by atomic mass is 10.2. The molecule has 2 amide bonds. The first-order chi connectivity index (χ1) is 12.5. The van der Waals surface area contributed by atoms with Crippen LogP contribution in [0.3, 0.4) is 0 Å². The van der Waals surface area contributed by atoms with Gasteiger partial charge in [-0.05, 0) is 43.3 Å². The van der Waals surface area contributed by atoms with Crippen LogP contribution < -0.4 is 15.6 Å². The fraction of sp³-hybridized carbons (Fsp3) is 0.105. The first-order valence-corrected chi connectivity index (χ1v) is 8.29. The Morgan fingerprint density at radius 1 is 1.00 bits per heavy atom. The molecule has 132 valence electrons. The van der Waals surface area contributed by atoms with Crippen molar-refractivity contribution in [3.63, 3.8) is 0 Å². The van der Waals surface area contributed by atoms with Crippen molar-refractivity contribution in [2.75, 3.05) is 0 Å². The van der Waals surface area contributed by atoms with E-state index in [-0.39, 0.29) is 5.69 Å². The summed E-state index contributed by atoms with van der Waals surface area (Å²) in [6, 6.07) is 17.5. The summed E-state index contributed by atoms with van der Waals surface area (Å²) in [6.45, 7) is 1.57. The van der Waals surface area contributed by atoms with Crippen LogP contribution >= 0.6 is 11.6 Å². The van der Waals surface area contributed by atoms with Crippen molar-refractivity contribution in [3.8, 4) is 5.75 Å². The number of benzene rings is 2. The molecule has 0 radical (unpaired) electrons. The lowest BCUT2D eigenvalue weighted by Gasteiger charge is -2.15. The highest BCUT2D eigenvalue weighted by molar-refractivity contribution is 6.30. The van der Waals surface area contributed by atoms with E-state index in [1.165, 1.54) is 0 Å². The number of carbonyl (C=O) groups is 2. The maximum atomic E-state index is 12.2. The molecule has 0 aliphatic carbocycles. The van der Waals surface area contributed by atoms with Gasteiger partial charge < -0.3 is 4.74 Å². The van der Waals surface area contributed by atoms with E-state index in [9.17, 15) is 9.59 Å². The topological polar surface area (TPSA) is 80.3 Å². The molecule has 0 saturated carbocycles. The Labute approximate surface area is 155 Å². The number of hydrazine groups is 1.